The number of alkyl halides is 15. The molecule has 0 radical (unpaired) electrons. The summed E-state index contributed by atoms with van der Waals surface area (Å²) in [6, 6.07) is 24.4. The van der Waals surface area contributed by atoms with Crippen molar-refractivity contribution in [2.24, 2.45) is 0 Å². The minimum absolute atomic E-state index is 0.00615. The number of hydrogen-bond acceptors (Lipinski definition) is 1. The normalized spacial score (nSPS) is 15.4. The molecule has 0 saturated heterocycles. The van der Waals surface area contributed by atoms with Crippen molar-refractivity contribution in [1.82, 2.24) is 9.13 Å². The smallest absolute Gasteiger partial charge is 0.308 e. The van der Waals surface area contributed by atoms with Crippen LogP contribution in [-0.2, 0) is 24.9 Å². The zero-order valence-electron chi connectivity index (χ0n) is 37.2. The number of fused-ring (bicyclic) bond motifs is 6. The van der Waals surface area contributed by atoms with Crippen molar-refractivity contribution in [2.75, 3.05) is 0 Å². The number of nitrogens with zero attached hydrogens (tertiary/aromatic N) is 3. The summed E-state index contributed by atoms with van der Waals surface area (Å²) in [4.78, 5) is 0. The molecule has 3 nitrogen and oxygen atoms in total. The number of aryl methyl sites for hydroxylation is 1. The number of rotatable bonds is 4. The van der Waals surface area contributed by atoms with Crippen molar-refractivity contribution in [3.05, 3.63) is 189 Å². The van der Waals surface area contributed by atoms with Gasteiger partial charge in [-0.05, 0) is 136 Å². The van der Waals surface area contributed by atoms with Gasteiger partial charge >= 0.3 is 30.9 Å². The molecule has 2 aliphatic rings. The molecule has 8 aromatic rings. The van der Waals surface area contributed by atoms with Gasteiger partial charge in [0, 0.05) is 28.2 Å². The molecule has 0 unspecified atom stereocenters. The summed E-state index contributed by atoms with van der Waals surface area (Å²) in [5.41, 5.74) is -6.77. The van der Waals surface area contributed by atoms with Gasteiger partial charge in [-0.25, -0.2) is 0 Å². The topological polar surface area (TPSA) is 33.6 Å². The molecule has 2 aromatic heterocycles. The molecular formula is C55H30F15N3. The van der Waals surface area contributed by atoms with Gasteiger partial charge in [0.15, 0.2) is 0 Å². The molecule has 0 amide bonds. The third-order valence-electron chi connectivity index (χ3n) is 13.0. The highest BCUT2D eigenvalue weighted by Crippen LogP contribution is 2.44. The van der Waals surface area contributed by atoms with E-state index in [1.165, 1.54) is 66.1 Å². The van der Waals surface area contributed by atoms with Gasteiger partial charge in [0.05, 0.1) is 55.5 Å². The van der Waals surface area contributed by atoms with Crippen LogP contribution in [0, 0.1) is 18.3 Å². The number of nitriles is 1. The van der Waals surface area contributed by atoms with Gasteiger partial charge < -0.3 is 9.13 Å². The molecule has 0 saturated carbocycles. The summed E-state index contributed by atoms with van der Waals surface area (Å²) < 4.78 is 216. The molecule has 0 fully saturated rings. The fraction of sp³-hybridized carbons (Fsp3) is 0.145. The Balaban J connectivity index is 1.33. The highest BCUT2D eigenvalue weighted by Gasteiger charge is 2.41. The number of aromatic nitrogens is 2. The molecule has 6 aromatic carbocycles. The van der Waals surface area contributed by atoms with Gasteiger partial charge in [0.1, 0.15) is 11.6 Å². The standard InChI is InChI=1S/C55H30F15N3/c1-28-14-31(16-35(15-28)51(56,57)58)34-23-49(72-45-8-4-2-6-40(45)42-12-10-29(21-47(42)72)32-17-36(52(59,60)61)25-37(18-32)53(62,63)64)44(27-71)50(24-34)73-46-9-5-3-7-41(46)43-13-11-30(22-48(43)73)33-19-38(54(65,66)67)26-39(20-33)55(68,69)70/h2-6,8-19,21-26H,7,20H2,1H3. The van der Waals surface area contributed by atoms with E-state index in [4.69, 9.17) is 0 Å². The molecule has 0 aliphatic heterocycles. The highest BCUT2D eigenvalue weighted by atomic mass is 19.4. The number of allylic oxidation sites excluding steroid dienone is 6. The zero-order chi connectivity index (χ0) is 52.3. The summed E-state index contributed by atoms with van der Waals surface area (Å²) in [5, 5.41) is 13.1. The summed E-state index contributed by atoms with van der Waals surface area (Å²) in [5.74, 6) is 0. The first-order chi connectivity index (χ1) is 34.2. The minimum Gasteiger partial charge on any atom is -0.308 e. The summed E-state index contributed by atoms with van der Waals surface area (Å²) >= 11 is 0. The predicted molar refractivity (Wildman–Crippen MR) is 246 cm³/mol. The third-order valence-corrected chi connectivity index (χ3v) is 13.0. The molecular weight excluding hydrogens is 988 g/mol. The Morgan fingerprint density at radius 2 is 1.08 bits per heavy atom. The van der Waals surface area contributed by atoms with Crippen molar-refractivity contribution >= 4 is 44.4 Å². The second kappa shape index (κ2) is 16.8. The van der Waals surface area contributed by atoms with E-state index in [-0.39, 0.29) is 79.6 Å². The number of para-hydroxylation sites is 1. The largest absolute Gasteiger partial charge is 0.416 e. The van der Waals surface area contributed by atoms with Crippen LogP contribution in [0.1, 0.15) is 39.8 Å². The van der Waals surface area contributed by atoms with Crippen LogP contribution in [0.25, 0.3) is 78.0 Å². The van der Waals surface area contributed by atoms with E-state index in [0.29, 0.717) is 50.8 Å². The molecule has 0 N–H and O–H groups in total. The average Bonchev–Trinajstić information content (AvgIpc) is 3.83. The molecule has 18 heteroatoms. The first-order valence-corrected chi connectivity index (χ1v) is 21.9. The molecule has 73 heavy (non-hydrogen) atoms. The highest BCUT2D eigenvalue weighted by molar-refractivity contribution is 6.10. The van der Waals surface area contributed by atoms with E-state index < -0.39 is 70.7 Å². The van der Waals surface area contributed by atoms with Crippen molar-refractivity contribution in [1.29, 1.82) is 5.26 Å². The fourth-order valence-electron chi connectivity index (χ4n) is 9.71. The van der Waals surface area contributed by atoms with E-state index in [0.717, 1.165) is 12.1 Å². The van der Waals surface area contributed by atoms with Crippen molar-refractivity contribution in [2.45, 2.75) is 50.6 Å². The summed E-state index contributed by atoms with van der Waals surface area (Å²) in [6.45, 7) is 1.43. The van der Waals surface area contributed by atoms with Crippen LogP contribution in [0.2, 0.25) is 0 Å². The lowest BCUT2D eigenvalue weighted by atomic mass is 9.92. The quantitative estimate of drug-likeness (QED) is 0.162. The van der Waals surface area contributed by atoms with Crippen molar-refractivity contribution < 1.29 is 65.9 Å². The van der Waals surface area contributed by atoms with Gasteiger partial charge in [0.2, 0.25) is 0 Å². The lowest BCUT2D eigenvalue weighted by Gasteiger charge is -2.20. The van der Waals surface area contributed by atoms with Gasteiger partial charge in [-0.1, -0.05) is 60.7 Å². The van der Waals surface area contributed by atoms with Crippen molar-refractivity contribution in [3.63, 3.8) is 0 Å². The Morgan fingerprint density at radius 1 is 0.507 bits per heavy atom. The SMILES string of the molecule is Cc1cc(-c2cc(-n3c4c(c5ccc(=C6C=C(C(F)(F)F)C=C(C(F)(F)F)C6)cc53)CC=CC=4)c(C#N)c(-n3c4ccccc4c4ccc(-c5cc(C(F)(F)F)cc(C(F)(F)F)c5)cc43)c2)cc(C(F)(F)F)c1. The van der Waals surface area contributed by atoms with Gasteiger partial charge in [0.25, 0.3) is 0 Å². The maximum absolute atomic E-state index is 14.5. The lowest BCUT2D eigenvalue weighted by Crippen LogP contribution is -2.22. The van der Waals surface area contributed by atoms with Crippen LogP contribution in [0.4, 0.5) is 65.9 Å². The van der Waals surface area contributed by atoms with E-state index >= 15 is 0 Å². The molecule has 10 rings (SSSR count). The van der Waals surface area contributed by atoms with Crippen LogP contribution in [0.5, 0.6) is 0 Å². The molecule has 0 bridgehead atoms. The molecule has 2 heterocycles. The second-order valence-electron chi connectivity index (χ2n) is 17.7. The summed E-state index contributed by atoms with van der Waals surface area (Å²) in [6.07, 6.45) is -20.4. The summed E-state index contributed by atoms with van der Waals surface area (Å²) in [7, 11) is 0. The first kappa shape index (κ1) is 48.7. The Morgan fingerprint density at radius 3 is 1.71 bits per heavy atom. The Kier molecular flexibility index (Phi) is 11.2. The third kappa shape index (κ3) is 8.74. The maximum atomic E-state index is 14.5. The monoisotopic (exact) mass is 1020 g/mol. The Labute approximate surface area is 402 Å². The first-order valence-electron chi connectivity index (χ1n) is 21.9. The molecule has 0 atom stereocenters. The number of hydrogen-bond donors (Lipinski definition) is 0. The maximum Gasteiger partial charge on any atom is 0.416 e. The van der Waals surface area contributed by atoms with Gasteiger partial charge in [-0.3, -0.25) is 0 Å². The van der Waals surface area contributed by atoms with Crippen LogP contribution >= 0.6 is 0 Å². The Hall–Kier alpha value is -7.94. The van der Waals surface area contributed by atoms with Crippen LogP contribution in [-0.4, -0.2) is 21.5 Å². The van der Waals surface area contributed by atoms with Crippen LogP contribution in [0.15, 0.2) is 145 Å². The van der Waals surface area contributed by atoms with E-state index in [1.807, 2.05) is 0 Å². The number of benzene rings is 6. The van der Waals surface area contributed by atoms with Gasteiger partial charge in [-0.15, -0.1) is 0 Å². The van der Waals surface area contributed by atoms with E-state index in [1.54, 1.807) is 47.1 Å². The molecule has 0 spiro atoms. The van der Waals surface area contributed by atoms with Crippen molar-refractivity contribution in [3.8, 4) is 39.7 Å². The second-order valence-corrected chi connectivity index (χ2v) is 17.7. The molecule has 370 valence electrons. The predicted octanol–water partition coefficient (Wildman–Crippen LogP) is 15.7. The zero-order valence-corrected chi connectivity index (χ0v) is 37.2. The van der Waals surface area contributed by atoms with Gasteiger partial charge in [-0.2, -0.15) is 71.1 Å². The Bertz CT molecular complexity index is 3880. The van der Waals surface area contributed by atoms with E-state index in [2.05, 4.69) is 6.07 Å². The fourth-order valence-corrected chi connectivity index (χ4v) is 9.71. The number of halogens is 15. The minimum atomic E-state index is -5.19. The van der Waals surface area contributed by atoms with E-state index in [9.17, 15) is 71.1 Å². The van der Waals surface area contributed by atoms with Crippen LogP contribution < -0.4 is 10.6 Å². The average molecular weight is 1020 g/mol. The molecule has 2 aliphatic carbocycles. The lowest BCUT2D eigenvalue weighted by molar-refractivity contribution is -0.143. The van der Waals surface area contributed by atoms with Crippen LogP contribution in [0.3, 0.4) is 0 Å².